The minimum atomic E-state index is -4.62. The van der Waals surface area contributed by atoms with Gasteiger partial charge in [-0.3, -0.25) is 18.6 Å². The monoisotopic (exact) mass is 945 g/mol. The maximum atomic E-state index is 12.7. The van der Waals surface area contributed by atoms with E-state index in [1.807, 2.05) is 0 Å². The second kappa shape index (κ2) is 50.6. The number of unbranched alkanes of at least 4 members (excludes halogenated alkanes) is 37. The Morgan fingerprint density at radius 2 is 0.754 bits per heavy atom. The van der Waals surface area contributed by atoms with Gasteiger partial charge in [0.2, 0.25) is 0 Å². The number of hydrogen-bond donors (Lipinski definition) is 3. The molecule has 3 N–H and O–H groups in total. The summed E-state index contributed by atoms with van der Waals surface area (Å²) in [5, 5.41) is 18.4. The normalized spacial score (nSPS) is 13.6. The molecule has 0 saturated heterocycles. The SMILES string of the molecule is CCCCCCCCC/C=C\CCCCCCCCCC(=O)OC(COC(=O)CCCCCCCCCCCCCCCCCCCCCCCCCC)COP(=O)(O)OCC(O)CO. The Morgan fingerprint density at radius 3 is 1.11 bits per heavy atom. The van der Waals surface area contributed by atoms with Crippen LogP contribution in [-0.2, 0) is 32.7 Å². The van der Waals surface area contributed by atoms with Crippen molar-refractivity contribution in [2.45, 2.75) is 296 Å². The molecule has 0 saturated carbocycles. The molecule has 0 heterocycles. The predicted molar refractivity (Wildman–Crippen MR) is 270 cm³/mol. The topological polar surface area (TPSA) is 149 Å². The Kier molecular flexibility index (Phi) is 49.6. The molecule has 3 atom stereocenters. The van der Waals surface area contributed by atoms with E-state index >= 15 is 0 Å². The summed E-state index contributed by atoms with van der Waals surface area (Å²) in [5.41, 5.74) is 0. The molecule has 0 aromatic carbocycles. The maximum absolute atomic E-state index is 12.7. The first-order valence-corrected chi connectivity index (χ1v) is 29.1. The Morgan fingerprint density at radius 1 is 0.446 bits per heavy atom. The predicted octanol–water partition coefficient (Wildman–Crippen LogP) is 15.9. The third-order valence-electron chi connectivity index (χ3n) is 12.4. The van der Waals surface area contributed by atoms with Crippen LogP contribution >= 0.6 is 7.82 Å². The number of carbonyl (C=O) groups excluding carboxylic acids is 2. The van der Waals surface area contributed by atoms with E-state index in [-0.39, 0.29) is 19.4 Å². The fraction of sp³-hybridized carbons (Fsp3) is 0.926. The Bertz CT molecular complexity index is 1090. The van der Waals surface area contributed by atoms with Crippen molar-refractivity contribution in [1.82, 2.24) is 0 Å². The summed E-state index contributed by atoms with van der Waals surface area (Å²) in [6.45, 7) is 2.44. The van der Waals surface area contributed by atoms with Crippen LogP contribution in [0.3, 0.4) is 0 Å². The van der Waals surface area contributed by atoms with E-state index in [4.69, 9.17) is 23.6 Å². The molecular weight excluding hydrogens is 840 g/mol. The van der Waals surface area contributed by atoms with Crippen LogP contribution in [0.2, 0.25) is 0 Å². The molecule has 0 aromatic rings. The van der Waals surface area contributed by atoms with Gasteiger partial charge in [-0.1, -0.05) is 244 Å². The highest BCUT2D eigenvalue weighted by Crippen LogP contribution is 2.43. The van der Waals surface area contributed by atoms with Crippen LogP contribution in [0.5, 0.6) is 0 Å². The lowest BCUT2D eigenvalue weighted by atomic mass is 10.0. The number of esters is 2. The molecule has 0 aromatic heterocycles. The smallest absolute Gasteiger partial charge is 0.462 e. The van der Waals surface area contributed by atoms with Gasteiger partial charge in [0.1, 0.15) is 12.7 Å². The van der Waals surface area contributed by atoms with Crippen LogP contribution in [0, 0.1) is 0 Å². The summed E-state index contributed by atoms with van der Waals surface area (Å²) in [6.07, 6.45) is 53.3. The number of aliphatic hydroxyl groups is 2. The third kappa shape index (κ3) is 50.4. The number of phosphoric acid groups is 1. The second-order valence-corrected chi connectivity index (χ2v) is 20.4. The van der Waals surface area contributed by atoms with Gasteiger partial charge in [-0.05, 0) is 38.5 Å². The van der Waals surface area contributed by atoms with E-state index in [1.54, 1.807) is 0 Å². The van der Waals surface area contributed by atoms with Crippen LogP contribution in [0.1, 0.15) is 284 Å². The highest BCUT2D eigenvalue weighted by molar-refractivity contribution is 7.47. The highest BCUT2D eigenvalue weighted by Gasteiger charge is 2.27. The first-order chi connectivity index (χ1) is 31.7. The van der Waals surface area contributed by atoms with E-state index in [0.717, 1.165) is 38.5 Å². The summed E-state index contributed by atoms with van der Waals surface area (Å²) >= 11 is 0. The fourth-order valence-electron chi connectivity index (χ4n) is 8.17. The van der Waals surface area contributed by atoms with Crippen molar-refractivity contribution in [3.05, 3.63) is 12.2 Å². The zero-order valence-corrected chi connectivity index (χ0v) is 43.4. The van der Waals surface area contributed by atoms with Crippen molar-refractivity contribution in [1.29, 1.82) is 0 Å². The van der Waals surface area contributed by atoms with Crippen LogP contribution in [0.4, 0.5) is 0 Å². The zero-order valence-electron chi connectivity index (χ0n) is 42.5. The van der Waals surface area contributed by atoms with Gasteiger partial charge in [0.25, 0.3) is 0 Å². The molecule has 0 bridgehead atoms. The number of ether oxygens (including phenoxy) is 2. The van der Waals surface area contributed by atoms with E-state index in [2.05, 4.69) is 26.0 Å². The van der Waals surface area contributed by atoms with Crippen molar-refractivity contribution in [2.24, 2.45) is 0 Å². The Balaban J connectivity index is 4.07. The number of phosphoric ester groups is 1. The minimum Gasteiger partial charge on any atom is -0.462 e. The molecule has 0 amide bonds. The molecule has 0 radical (unpaired) electrons. The average molecular weight is 945 g/mol. The lowest BCUT2D eigenvalue weighted by Gasteiger charge is -2.20. The van der Waals surface area contributed by atoms with Gasteiger partial charge >= 0.3 is 19.8 Å². The van der Waals surface area contributed by atoms with Crippen LogP contribution in [0.15, 0.2) is 12.2 Å². The quantitative estimate of drug-likeness (QED) is 0.0233. The summed E-state index contributed by atoms with van der Waals surface area (Å²) in [7, 11) is -4.62. The number of aliphatic hydroxyl groups excluding tert-OH is 2. The van der Waals surface area contributed by atoms with E-state index in [1.165, 1.54) is 205 Å². The van der Waals surface area contributed by atoms with E-state index in [0.29, 0.717) is 12.8 Å². The van der Waals surface area contributed by atoms with Crippen molar-refractivity contribution in [3.8, 4) is 0 Å². The van der Waals surface area contributed by atoms with Crippen LogP contribution in [-0.4, -0.2) is 65.7 Å². The molecule has 0 rings (SSSR count). The largest absolute Gasteiger partial charge is 0.472 e. The first kappa shape index (κ1) is 63.7. The maximum Gasteiger partial charge on any atom is 0.472 e. The lowest BCUT2D eigenvalue weighted by Crippen LogP contribution is -2.29. The summed E-state index contributed by atoms with van der Waals surface area (Å²) in [6, 6.07) is 0. The number of rotatable bonds is 53. The van der Waals surface area contributed by atoms with Gasteiger partial charge in [0.15, 0.2) is 6.10 Å². The van der Waals surface area contributed by atoms with Gasteiger partial charge in [-0.15, -0.1) is 0 Å². The molecule has 0 aliphatic heterocycles. The fourth-order valence-corrected chi connectivity index (χ4v) is 8.96. The molecule has 3 unspecified atom stereocenters. The van der Waals surface area contributed by atoms with Crippen molar-refractivity contribution < 1.29 is 47.8 Å². The molecule has 0 spiro atoms. The van der Waals surface area contributed by atoms with Gasteiger partial charge in [0.05, 0.1) is 19.8 Å². The number of hydrogen-bond acceptors (Lipinski definition) is 9. The standard InChI is InChI=1S/C54H105O10P/c1-3-5-7-9-11-13-15-17-19-21-23-24-25-26-27-28-30-31-33-35-37-39-41-43-45-53(57)61-49-52(50-63-65(59,60)62-48-51(56)47-55)64-54(58)46-44-42-40-38-36-34-32-29-22-20-18-16-14-12-10-8-6-4-2/h20,22,51-52,55-56H,3-19,21,23-50H2,1-2H3,(H,59,60)/b22-20-. The molecule has 0 fully saturated rings. The molecule has 386 valence electrons. The van der Waals surface area contributed by atoms with Gasteiger partial charge in [0, 0.05) is 12.8 Å². The van der Waals surface area contributed by atoms with E-state index < -0.39 is 51.8 Å². The van der Waals surface area contributed by atoms with Gasteiger partial charge in [-0.2, -0.15) is 0 Å². The molecule has 11 heteroatoms. The van der Waals surface area contributed by atoms with Crippen molar-refractivity contribution in [2.75, 3.05) is 26.4 Å². The van der Waals surface area contributed by atoms with Crippen LogP contribution < -0.4 is 0 Å². The first-order valence-electron chi connectivity index (χ1n) is 27.6. The molecule has 65 heavy (non-hydrogen) atoms. The van der Waals surface area contributed by atoms with Crippen LogP contribution in [0.25, 0.3) is 0 Å². The van der Waals surface area contributed by atoms with E-state index in [9.17, 15) is 24.2 Å². The molecule has 0 aliphatic rings. The molecule has 0 aliphatic carbocycles. The Labute approximate surface area is 400 Å². The summed E-state index contributed by atoms with van der Waals surface area (Å²) in [4.78, 5) is 35.2. The molecular formula is C54H105O10P. The van der Waals surface area contributed by atoms with Crippen molar-refractivity contribution >= 4 is 19.8 Å². The second-order valence-electron chi connectivity index (χ2n) is 19.0. The average Bonchev–Trinajstić information content (AvgIpc) is 3.30. The summed E-state index contributed by atoms with van der Waals surface area (Å²) < 4.78 is 32.9. The minimum absolute atomic E-state index is 0.184. The molecule has 10 nitrogen and oxygen atoms in total. The zero-order chi connectivity index (χ0) is 47.6. The third-order valence-corrected chi connectivity index (χ3v) is 13.4. The summed E-state index contributed by atoms with van der Waals surface area (Å²) in [5.74, 6) is -0.911. The number of carbonyl (C=O) groups is 2. The lowest BCUT2D eigenvalue weighted by molar-refractivity contribution is -0.161. The highest BCUT2D eigenvalue weighted by atomic mass is 31.2. The van der Waals surface area contributed by atoms with Gasteiger partial charge < -0.3 is 24.6 Å². The number of allylic oxidation sites excluding steroid dienone is 2. The van der Waals surface area contributed by atoms with Crippen molar-refractivity contribution in [3.63, 3.8) is 0 Å². The van der Waals surface area contributed by atoms with Gasteiger partial charge in [-0.25, -0.2) is 4.57 Å². The Hall–Kier alpha value is -1.29.